The molecule has 0 unspecified atom stereocenters. The van der Waals surface area contributed by atoms with Crippen LogP contribution in [0.1, 0.15) is 19.8 Å². The molecule has 1 aliphatic heterocycles. The topological polar surface area (TPSA) is 64.0 Å². The van der Waals surface area contributed by atoms with Crippen molar-refractivity contribution in [2.75, 3.05) is 39.2 Å². The smallest absolute Gasteiger partial charge is 0.319 e. The van der Waals surface area contributed by atoms with Crippen molar-refractivity contribution < 1.29 is 19.2 Å². The molecule has 0 aromatic heterocycles. The van der Waals surface area contributed by atoms with Crippen molar-refractivity contribution in [2.45, 2.75) is 25.8 Å². The summed E-state index contributed by atoms with van der Waals surface area (Å²) in [6.45, 7) is 5.58. The van der Waals surface area contributed by atoms with Crippen LogP contribution < -0.4 is 25.0 Å². The van der Waals surface area contributed by atoms with Gasteiger partial charge in [-0.25, -0.2) is 4.79 Å². The van der Waals surface area contributed by atoms with E-state index < -0.39 is 0 Å². The minimum Gasteiger partial charge on any atom is -0.497 e. The molecular formula is C16H26N3O3+. The Bertz CT molecular complexity index is 499. The van der Waals surface area contributed by atoms with Crippen LogP contribution in [0.3, 0.4) is 0 Å². The van der Waals surface area contributed by atoms with Gasteiger partial charge >= 0.3 is 6.03 Å². The number of anilines is 1. The number of ether oxygens (including phenoxy) is 2. The fourth-order valence-electron chi connectivity index (χ4n) is 2.78. The number of benzene rings is 1. The summed E-state index contributed by atoms with van der Waals surface area (Å²) < 4.78 is 10.4. The van der Waals surface area contributed by atoms with Crippen LogP contribution in [0.15, 0.2) is 18.2 Å². The standard InChI is InChI=1S/C16H25N3O3/c1-4-19-9-7-12(8-10-19)17-16(20)18-14-11-13(21-2)5-6-15(14)22-3/h5-6,11-12H,4,7-10H2,1-3H3,(H2,17,18,20)/p+1. The van der Waals surface area contributed by atoms with Gasteiger partial charge < -0.3 is 25.0 Å². The van der Waals surface area contributed by atoms with Crippen LogP contribution >= 0.6 is 0 Å². The van der Waals surface area contributed by atoms with Crippen molar-refractivity contribution in [1.29, 1.82) is 0 Å². The summed E-state index contributed by atoms with van der Waals surface area (Å²) in [5, 5.41) is 5.89. The molecule has 0 spiro atoms. The van der Waals surface area contributed by atoms with E-state index in [0.29, 0.717) is 17.2 Å². The van der Waals surface area contributed by atoms with E-state index in [1.54, 1.807) is 37.3 Å². The van der Waals surface area contributed by atoms with Gasteiger partial charge in [-0.3, -0.25) is 0 Å². The van der Waals surface area contributed by atoms with Crippen molar-refractivity contribution in [1.82, 2.24) is 5.32 Å². The van der Waals surface area contributed by atoms with Crippen LogP contribution in [0.4, 0.5) is 10.5 Å². The zero-order valence-corrected chi connectivity index (χ0v) is 13.6. The molecule has 0 radical (unpaired) electrons. The second-order valence-electron chi connectivity index (χ2n) is 5.54. The molecule has 1 aromatic rings. The first-order valence-corrected chi connectivity index (χ1v) is 7.79. The van der Waals surface area contributed by atoms with Gasteiger partial charge in [0, 0.05) is 24.9 Å². The SMILES string of the molecule is CC[NH+]1CCC(NC(=O)Nc2cc(OC)ccc2OC)CC1. The lowest BCUT2D eigenvalue weighted by atomic mass is 10.1. The fourth-order valence-corrected chi connectivity index (χ4v) is 2.78. The number of amides is 2. The third-order valence-corrected chi connectivity index (χ3v) is 4.18. The molecule has 6 nitrogen and oxygen atoms in total. The number of carbonyl (C=O) groups excluding carboxylic acids is 1. The summed E-state index contributed by atoms with van der Waals surface area (Å²) in [5.74, 6) is 1.29. The van der Waals surface area contributed by atoms with Crippen molar-refractivity contribution >= 4 is 11.7 Å². The van der Waals surface area contributed by atoms with E-state index >= 15 is 0 Å². The molecule has 122 valence electrons. The van der Waals surface area contributed by atoms with Gasteiger partial charge in [0.25, 0.3) is 0 Å². The lowest BCUT2D eigenvalue weighted by Gasteiger charge is -2.29. The summed E-state index contributed by atoms with van der Waals surface area (Å²) in [4.78, 5) is 13.8. The number of carbonyl (C=O) groups is 1. The molecule has 2 amide bonds. The Kier molecular flexibility index (Phi) is 5.89. The summed E-state index contributed by atoms with van der Waals surface area (Å²) >= 11 is 0. The summed E-state index contributed by atoms with van der Waals surface area (Å²) in [5.41, 5.74) is 0.607. The minimum absolute atomic E-state index is 0.198. The summed E-state index contributed by atoms with van der Waals surface area (Å²) in [7, 11) is 3.17. The molecule has 1 aromatic carbocycles. The van der Waals surface area contributed by atoms with E-state index in [4.69, 9.17) is 9.47 Å². The molecule has 1 aliphatic rings. The third-order valence-electron chi connectivity index (χ3n) is 4.18. The van der Waals surface area contributed by atoms with Crippen LogP contribution in [0.25, 0.3) is 0 Å². The number of nitrogens with one attached hydrogen (secondary N) is 3. The van der Waals surface area contributed by atoms with E-state index in [1.807, 2.05) is 0 Å². The predicted octanol–water partition coefficient (Wildman–Crippen LogP) is 0.893. The average Bonchev–Trinajstić information content (AvgIpc) is 2.55. The van der Waals surface area contributed by atoms with Crippen molar-refractivity contribution in [3.05, 3.63) is 18.2 Å². The molecule has 1 saturated heterocycles. The maximum absolute atomic E-state index is 12.2. The monoisotopic (exact) mass is 308 g/mol. The highest BCUT2D eigenvalue weighted by Gasteiger charge is 2.22. The van der Waals surface area contributed by atoms with E-state index in [2.05, 4.69) is 17.6 Å². The first kappa shape index (κ1) is 16.4. The number of quaternary nitrogens is 1. The fraction of sp³-hybridized carbons (Fsp3) is 0.562. The number of hydrogen-bond donors (Lipinski definition) is 3. The second-order valence-corrected chi connectivity index (χ2v) is 5.54. The molecule has 0 bridgehead atoms. The van der Waals surface area contributed by atoms with Gasteiger partial charge in [-0.05, 0) is 19.1 Å². The third kappa shape index (κ3) is 4.27. The quantitative estimate of drug-likeness (QED) is 0.757. The lowest BCUT2D eigenvalue weighted by Crippen LogP contribution is -3.13. The number of piperidine rings is 1. The largest absolute Gasteiger partial charge is 0.497 e. The number of urea groups is 1. The number of hydrogen-bond acceptors (Lipinski definition) is 3. The molecule has 2 rings (SSSR count). The molecule has 0 aliphatic carbocycles. The lowest BCUT2D eigenvalue weighted by molar-refractivity contribution is -0.903. The normalized spacial score (nSPS) is 21.0. The Labute approximate surface area is 131 Å². The molecule has 0 atom stereocenters. The Morgan fingerprint density at radius 3 is 2.59 bits per heavy atom. The molecular weight excluding hydrogens is 282 g/mol. The van der Waals surface area contributed by atoms with Crippen LogP contribution in [0.2, 0.25) is 0 Å². The predicted molar refractivity (Wildman–Crippen MR) is 86.0 cm³/mol. The number of methoxy groups -OCH3 is 2. The van der Waals surface area contributed by atoms with Crippen LogP contribution in [-0.4, -0.2) is 45.9 Å². The van der Waals surface area contributed by atoms with Gasteiger partial charge in [0.05, 0.1) is 39.5 Å². The van der Waals surface area contributed by atoms with Gasteiger partial charge in [0.1, 0.15) is 11.5 Å². The Morgan fingerprint density at radius 2 is 2.00 bits per heavy atom. The number of rotatable bonds is 5. The van der Waals surface area contributed by atoms with Crippen molar-refractivity contribution in [2.24, 2.45) is 0 Å². The first-order chi connectivity index (χ1) is 10.7. The zero-order chi connectivity index (χ0) is 15.9. The molecule has 1 fully saturated rings. The first-order valence-electron chi connectivity index (χ1n) is 7.79. The summed E-state index contributed by atoms with van der Waals surface area (Å²) in [6, 6.07) is 5.37. The maximum Gasteiger partial charge on any atom is 0.319 e. The van der Waals surface area contributed by atoms with Crippen LogP contribution in [-0.2, 0) is 0 Å². The molecule has 6 heteroatoms. The molecule has 0 saturated carbocycles. The molecule has 1 heterocycles. The van der Waals surface area contributed by atoms with Gasteiger partial charge in [-0.1, -0.05) is 0 Å². The van der Waals surface area contributed by atoms with Crippen LogP contribution in [0, 0.1) is 0 Å². The Hall–Kier alpha value is -1.95. The van der Waals surface area contributed by atoms with E-state index in [0.717, 1.165) is 32.5 Å². The average molecular weight is 308 g/mol. The van der Waals surface area contributed by atoms with Crippen molar-refractivity contribution in [3.8, 4) is 11.5 Å². The highest BCUT2D eigenvalue weighted by molar-refractivity contribution is 5.91. The highest BCUT2D eigenvalue weighted by Crippen LogP contribution is 2.28. The second kappa shape index (κ2) is 7.89. The van der Waals surface area contributed by atoms with Gasteiger partial charge in [0.2, 0.25) is 0 Å². The molecule has 22 heavy (non-hydrogen) atoms. The van der Waals surface area contributed by atoms with Gasteiger partial charge in [0.15, 0.2) is 0 Å². The molecule has 3 N–H and O–H groups in total. The Balaban J connectivity index is 1.92. The zero-order valence-electron chi connectivity index (χ0n) is 13.6. The summed E-state index contributed by atoms with van der Waals surface area (Å²) in [6.07, 6.45) is 2.04. The van der Waals surface area contributed by atoms with E-state index in [1.165, 1.54) is 0 Å². The van der Waals surface area contributed by atoms with E-state index in [-0.39, 0.29) is 12.1 Å². The van der Waals surface area contributed by atoms with Crippen LogP contribution in [0.5, 0.6) is 11.5 Å². The van der Waals surface area contributed by atoms with Gasteiger partial charge in [-0.15, -0.1) is 0 Å². The Morgan fingerprint density at radius 1 is 1.27 bits per heavy atom. The minimum atomic E-state index is -0.198. The van der Waals surface area contributed by atoms with Gasteiger partial charge in [-0.2, -0.15) is 0 Å². The van der Waals surface area contributed by atoms with Crippen molar-refractivity contribution in [3.63, 3.8) is 0 Å². The number of likely N-dealkylation sites (tertiary alicyclic amines) is 1. The highest BCUT2D eigenvalue weighted by atomic mass is 16.5. The van der Waals surface area contributed by atoms with E-state index in [9.17, 15) is 4.79 Å². The maximum atomic E-state index is 12.2.